The van der Waals surface area contributed by atoms with Crippen LogP contribution in [0.15, 0.2) is 18.3 Å². The summed E-state index contributed by atoms with van der Waals surface area (Å²) in [6.45, 7) is 1.46. The van der Waals surface area contributed by atoms with Gasteiger partial charge in [-0.15, -0.1) is 0 Å². The molecule has 0 saturated heterocycles. The normalized spacial score (nSPS) is 11.1. The first-order valence-corrected chi connectivity index (χ1v) is 7.30. The Morgan fingerprint density at radius 3 is 2.75 bits per heavy atom. The fraction of sp³-hybridized carbons (Fsp3) is 0.364. The van der Waals surface area contributed by atoms with Gasteiger partial charge in [-0.25, -0.2) is 17.9 Å². The summed E-state index contributed by atoms with van der Waals surface area (Å²) in [6.07, 6.45) is 1.26. The van der Waals surface area contributed by atoms with Crippen LogP contribution in [0.1, 0.15) is 23.0 Å². The second-order valence-electron chi connectivity index (χ2n) is 3.73. The van der Waals surface area contributed by atoms with Gasteiger partial charge >= 0.3 is 11.9 Å². The van der Waals surface area contributed by atoms with Gasteiger partial charge in [-0.3, -0.25) is 9.78 Å². The smallest absolute Gasteiger partial charge is 0.335 e. The third-order valence-corrected chi connectivity index (χ3v) is 3.35. The number of aromatic carboxylic acids is 1. The zero-order valence-corrected chi connectivity index (χ0v) is 11.5. The minimum Gasteiger partial charge on any atom is -0.478 e. The molecule has 0 aliphatic carbocycles. The van der Waals surface area contributed by atoms with Crippen LogP contribution in [-0.4, -0.2) is 42.8 Å². The van der Waals surface area contributed by atoms with Crippen LogP contribution in [0.5, 0.6) is 0 Å². The van der Waals surface area contributed by atoms with Gasteiger partial charge in [0.15, 0.2) is 5.75 Å². The lowest BCUT2D eigenvalue weighted by atomic mass is 10.2. The second kappa shape index (κ2) is 6.96. The molecule has 0 saturated carbocycles. The summed E-state index contributed by atoms with van der Waals surface area (Å²) in [4.78, 5) is 25.7. The molecule has 2 N–H and O–H groups in total. The Labute approximate surface area is 115 Å². The molecule has 110 valence electrons. The van der Waals surface area contributed by atoms with Crippen LogP contribution < -0.4 is 4.72 Å². The van der Waals surface area contributed by atoms with E-state index < -0.39 is 27.7 Å². The van der Waals surface area contributed by atoms with E-state index in [1.807, 2.05) is 0 Å². The van der Waals surface area contributed by atoms with E-state index in [0.29, 0.717) is 0 Å². The molecule has 0 radical (unpaired) electrons. The molecule has 8 nitrogen and oxygen atoms in total. The van der Waals surface area contributed by atoms with Gasteiger partial charge in [0.1, 0.15) is 0 Å². The molecule has 20 heavy (non-hydrogen) atoms. The van der Waals surface area contributed by atoms with Crippen LogP contribution in [0, 0.1) is 0 Å². The van der Waals surface area contributed by atoms with Crippen LogP contribution >= 0.6 is 0 Å². The van der Waals surface area contributed by atoms with Crippen molar-refractivity contribution in [2.45, 2.75) is 13.5 Å². The highest BCUT2D eigenvalue weighted by molar-refractivity contribution is 7.90. The summed E-state index contributed by atoms with van der Waals surface area (Å²) in [7, 11) is -3.85. The molecule has 1 heterocycles. The average molecular weight is 302 g/mol. The molecule has 1 rings (SSSR count). The molecule has 1 aromatic heterocycles. The van der Waals surface area contributed by atoms with E-state index in [0.717, 1.165) is 0 Å². The van der Waals surface area contributed by atoms with Crippen LogP contribution in [0.25, 0.3) is 0 Å². The monoisotopic (exact) mass is 302 g/mol. The van der Waals surface area contributed by atoms with Crippen molar-refractivity contribution in [2.24, 2.45) is 0 Å². The van der Waals surface area contributed by atoms with E-state index in [9.17, 15) is 18.0 Å². The number of esters is 1. The first-order valence-electron chi connectivity index (χ1n) is 5.65. The maximum atomic E-state index is 11.6. The first kappa shape index (κ1) is 16.1. The Balaban J connectivity index is 2.64. The van der Waals surface area contributed by atoms with E-state index >= 15 is 0 Å². The van der Waals surface area contributed by atoms with Crippen LogP contribution in [0.2, 0.25) is 0 Å². The highest BCUT2D eigenvalue weighted by atomic mass is 32.2. The number of pyridine rings is 1. The first-order chi connectivity index (χ1) is 9.34. The second-order valence-corrected chi connectivity index (χ2v) is 5.53. The topological polar surface area (TPSA) is 123 Å². The number of nitrogens with one attached hydrogen (secondary N) is 1. The van der Waals surface area contributed by atoms with Crippen molar-refractivity contribution in [2.75, 3.05) is 12.4 Å². The summed E-state index contributed by atoms with van der Waals surface area (Å²) < 4.78 is 29.8. The molecule has 0 aliphatic heterocycles. The summed E-state index contributed by atoms with van der Waals surface area (Å²) in [6, 6.07) is 2.54. The number of aromatic nitrogens is 1. The molecule has 0 amide bonds. The molecule has 0 aromatic carbocycles. The van der Waals surface area contributed by atoms with E-state index in [1.54, 1.807) is 6.92 Å². The number of hydrogen-bond acceptors (Lipinski definition) is 6. The van der Waals surface area contributed by atoms with E-state index in [-0.39, 0.29) is 24.4 Å². The van der Waals surface area contributed by atoms with Crippen molar-refractivity contribution in [1.29, 1.82) is 0 Å². The van der Waals surface area contributed by atoms with Gasteiger partial charge in [-0.2, -0.15) is 0 Å². The molecule has 0 unspecified atom stereocenters. The number of ether oxygens (including phenoxy) is 1. The standard InChI is InChI=1S/C11H14N2O6S/c1-2-19-10(14)7-20(17,18)13-6-9-5-8(11(15)16)3-4-12-9/h3-5,13H,2,6-7H2,1H3,(H,15,16). The van der Waals surface area contributed by atoms with Gasteiger partial charge in [-0.05, 0) is 19.1 Å². The zero-order chi connectivity index (χ0) is 15.2. The quantitative estimate of drug-likeness (QED) is 0.666. The molecule has 0 bridgehead atoms. The Morgan fingerprint density at radius 1 is 1.45 bits per heavy atom. The van der Waals surface area contributed by atoms with Crippen LogP contribution in [0.3, 0.4) is 0 Å². The summed E-state index contributed by atoms with van der Waals surface area (Å²) in [5.74, 6) is -2.78. The molecular formula is C11H14N2O6S. The van der Waals surface area contributed by atoms with Crippen molar-refractivity contribution in [3.63, 3.8) is 0 Å². The lowest BCUT2D eigenvalue weighted by Crippen LogP contribution is -2.31. The van der Waals surface area contributed by atoms with Crippen molar-refractivity contribution in [3.05, 3.63) is 29.6 Å². The highest BCUT2D eigenvalue weighted by Gasteiger charge is 2.17. The fourth-order valence-electron chi connectivity index (χ4n) is 1.30. The largest absolute Gasteiger partial charge is 0.478 e. The minimum atomic E-state index is -3.85. The van der Waals surface area contributed by atoms with Crippen LogP contribution in [-0.2, 0) is 26.1 Å². The number of carbonyl (C=O) groups excluding carboxylic acids is 1. The molecule has 0 fully saturated rings. The van der Waals surface area contributed by atoms with Crippen molar-refractivity contribution in [1.82, 2.24) is 9.71 Å². The fourth-order valence-corrected chi connectivity index (χ4v) is 2.16. The molecule has 0 atom stereocenters. The predicted molar refractivity (Wildman–Crippen MR) is 68.5 cm³/mol. The van der Waals surface area contributed by atoms with E-state index in [4.69, 9.17) is 5.11 Å². The van der Waals surface area contributed by atoms with E-state index in [1.165, 1.54) is 18.3 Å². The maximum Gasteiger partial charge on any atom is 0.335 e. The van der Waals surface area contributed by atoms with Gasteiger partial charge in [0.2, 0.25) is 10.0 Å². The molecular weight excluding hydrogens is 288 g/mol. The summed E-state index contributed by atoms with van der Waals surface area (Å²) >= 11 is 0. The summed E-state index contributed by atoms with van der Waals surface area (Å²) in [5.41, 5.74) is 0.233. The van der Waals surface area contributed by atoms with E-state index in [2.05, 4.69) is 14.4 Å². The Kier molecular flexibility index (Phi) is 5.59. The Bertz CT molecular complexity index is 599. The number of carboxylic acid groups (broad SMARTS) is 1. The number of sulfonamides is 1. The lowest BCUT2D eigenvalue weighted by molar-refractivity contribution is -0.139. The van der Waals surface area contributed by atoms with Crippen LogP contribution in [0.4, 0.5) is 0 Å². The third kappa shape index (κ3) is 5.33. The number of nitrogens with zero attached hydrogens (tertiary/aromatic N) is 1. The highest BCUT2D eigenvalue weighted by Crippen LogP contribution is 2.02. The van der Waals surface area contributed by atoms with Gasteiger partial charge < -0.3 is 9.84 Å². The maximum absolute atomic E-state index is 11.6. The van der Waals surface area contributed by atoms with Gasteiger partial charge in [0.05, 0.1) is 24.4 Å². The Morgan fingerprint density at radius 2 is 2.15 bits per heavy atom. The Hall–Kier alpha value is -2.00. The minimum absolute atomic E-state index is 0.000379. The molecule has 0 spiro atoms. The van der Waals surface area contributed by atoms with Crippen molar-refractivity contribution >= 4 is 22.0 Å². The zero-order valence-electron chi connectivity index (χ0n) is 10.7. The lowest BCUT2D eigenvalue weighted by Gasteiger charge is -2.06. The average Bonchev–Trinajstić information content (AvgIpc) is 2.36. The molecule has 1 aromatic rings. The summed E-state index contributed by atoms with van der Waals surface area (Å²) in [5, 5.41) is 8.79. The third-order valence-electron chi connectivity index (χ3n) is 2.15. The number of carbonyl (C=O) groups is 2. The van der Waals surface area contributed by atoms with Gasteiger partial charge in [0, 0.05) is 6.20 Å². The molecule has 0 aliphatic rings. The predicted octanol–water partition coefficient (Wildman–Crippen LogP) is -0.238. The number of rotatable bonds is 7. The van der Waals surface area contributed by atoms with Crippen molar-refractivity contribution in [3.8, 4) is 0 Å². The SMILES string of the molecule is CCOC(=O)CS(=O)(=O)NCc1cc(C(=O)O)ccn1. The van der Waals surface area contributed by atoms with Gasteiger partial charge in [-0.1, -0.05) is 0 Å². The molecule has 9 heteroatoms. The number of carboxylic acids is 1. The van der Waals surface area contributed by atoms with Crippen molar-refractivity contribution < 1.29 is 27.9 Å². The van der Waals surface area contributed by atoms with Gasteiger partial charge in [0.25, 0.3) is 0 Å². The number of hydrogen-bond donors (Lipinski definition) is 2.